The van der Waals surface area contributed by atoms with Crippen LogP contribution in [-0.2, 0) is 19.1 Å². The first kappa shape index (κ1) is 7.46. The summed E-state index contributed by atoms with van der Waals surface area (Å²) in [5.41, 5.74) is -1.05. The van der Waals surface area contributed by atoms with Crippen molar-refractivity contribution in [3.8, 4) is 0 Å². The molecule has 0 unspecified atom stereocenters. The van der Waals surface area contributed by atoms with Crippen molar-refractivity contribution in [2.45, 2.75) is 26.1 Å². The molecule has 0 aromatic rings. The van der Waals surface area contributed by atoms with Crippen LogP contribution in [0.15, 0.2) is 0 Å². The zero-order chi connectivity index (χ0) is 8.98. The van der Waals surface area contributed by atoms with E-state index in [4.69, 9.17) is 9.47 Å². The maximum atomic E-state index is 11.3. The molecule has 0 atom stereocenters. The molecule has 1 saturated heterocycles. The van der Waals surface area contributed by atoms with E-state index < -0.39 is 23.1 Å². The summed E-state index contributed by atoms with van der Waals surface area (Å²) in [7, 11) is 0. The first-order valence-corrected chi connectivity index (χ1v) is 3.78. The molecule has 0 bridgehead atoms. The van der Waals surface area contributed by atoms with Gasteiger partial charge in [-0.2, -0.15) is 0 Å². The Morgan fingerprint density at radius 3 is 2.00 bits per heavy atom. The highest BCUT2D eigenvalue weighted by atomic mass is 16.7. The first-order chi connectivity index (χ1) is 5.46. The van der Waals surface area contributed by atoms with E-state index >= 15 is 0 Å². The zero-order valence-corrected chi connectivity index (χ0v) is 6.92. The maximum Gasteiger partial charge on any atom is 0.377 e. The van der Waals surface area contributed by atoms with Crippen molar-refractivity contribution < 1.29 is 19.1 Å². The van der Waals surface area contributed by atoms with Gasteiger partial charge >= 0.3 is 17.4 Å². The molecule has 1 saturated carbocycles. The van der Waals surface area contributed by atoms with Gasteiger partial charge in [0.1, 0.15) is 6.42 Å². The molecule has 2 aliphatic rings. The Balaban J connectivity index is 2.26. The largest absolute Gasteiger partial charge is 0.419 e. The highest BCUT2D eigenvalue weighted by Crippen LogP contribution is 2.50. The van der Waals surface area contributed by atoms with E-state index in [1.807, 2.05) is 0 Å². The summed E-state index contributed by atoms with van der Waals surface area (Å²) >= 11 is 0. The van der Waals surface area contributed by atoms with Gasteiger partial charge in [0.15, 0.2) is 6.42 Å². The van der Waals surface area contributed by atoms with Gasteiger partial charge in [0.25, 0.3) is 5.79 Å². The third-order valence-electron chi connectivity index (χ3n) is 2.02. The van der Waals surface area contributed by atoms with Crippen LogP contribution in [0.2, 0.25) is 0 Å². The molecular weight excluding hydrogens is 160 g/mol. The topological polar surface area (TPSA) is 52.6 Å². The minimum Gasteiger partial charge on any atom is -0.419 e. The Labute approximate surface area is 69.8 Å². The summed E-state index contributed by atoms with van der Waals surface area (Å²) in [5, 5.41) is 0. The SMILES string of the molecule is CC1(C)OC(=O)C2([CH+]C2)C(=O)O1. The smallest absolute Gasteiger partial charge is 0.377 e. The van der Waals surface area contributed by atoms with Gasteiger partial charge in [-0.15, -0.1) is 0 Å². The summed E-state index contributed by atoms with van der Waals surface area (Å²) < 4.78 is 9.82. The summed E-state index contributed by atoms with van der Waals surface area (Å²) in [6, 6.07) is 0. The van der Waals surface area contributed by atoms with Gasteiger partial charge in [0.2, 0.25) is 0 Å². The number of esters is 2. The summed E-state index contributed by atoms with van der Waals surface area (Å²) in [6.45, 7) is 3.08. The van der Waals surface area contributed by atoms with E-state index in [0.29, 0.717) is 6.42 Å². The van der Waals surface area contributed by atoms with Crippen molar-refractivity contribution in [2.24, 2.45) is 5.41 Å². The first-order valence-electron chi connectivity index (χ1n) is 3.78. The summed E-state index contributed by atoms with van der Waals surface area (Å²) in [5.74, 6) is -2.07. The van der Waals surface area contributed by atoms with E-state index in [-0.39, 0.29) is 0 Å². The average molecular weight is 169 g/mol. The maximum absolute atomic E-state index is 11.3. The molecule has 1 aliphatic heterocycles. The molecule has 0 amide bonds. The van der Waals surface area contributed by atoms with Crippen LogP contribution in [0.3, 0.4) is 0 Å². The molecule has 0 aromatic carbocycles. The van der Waals surface area contributed by atoms with Crippen molar-refractivity contribution in [2.75, 3.05) is 0 Å². The fourth-order valence-electron chi connectivity index (χ4n) is 1.17. The molecule has 1 spiro atoms. The molecular formula is C8H9O4+. The van der Waals surface area contributed by atoms with Gasteiger partial charge in [-0.25, -0.2) is 9.59 Å². The van der Waals surface area contributed by atoms with Crippen LogP contribution in [0.1, 0.15) is 20.3 Å². The lowest BCUT2D eigenvalue weighted by Crippen LogP contribution is -2.47. The van der Waals surface area contributed by atoms with E-state index in [1.54, 1.807) is 6.42 Å². The number of ether oxygens (including phenoxy) is 2. The van der Waals surface area contributed by atoms with Crippen LogP contribution in [-0.4, -0.2) is 17.7 Å². The van der Waals surface area contributed by atoms with Crippen LogP contribution >= 0.6 is 0 Å². The van der Waals surface area contributed by atoms with Crippen LogP contribution in [0, 0.1) is 11.8 Å². The molecule has 12 heavy (non-hydrogen) atoms. The molecule has 2 fully saturated rings. The highest BCUT2D eigenvalue weighted by Gasteiger charge is 2.75. The Hall–Kier alpha value is -1.19. The molecule has 0 aromatic heterocycles. The predicted molar refractivity (Wildman–Crippen MR) is 37.6 cm³/mol. The predicted octanol–water partition coefficient (Wildman–Crippen LogP) is 0.417. The van der Waals surface area contributed by atoms with Gasteiger partial charge < -0.3 is 9.47 Å². The number of carbonyl (C=O) groups is 2. The van der Waals surface area contributed by atoms with Crippen LogP contribution in [0.4, 0.5) is 0 Å². The molecule has 64 valence electrons. The summed E-state index contributed by atoms with van der Waals surface area (Å²) in [6.07, 6.45) is 2.05. The van der Waals surface area contributed by atoms with Gasteiger partial charge in [-0.1, -0.05) is 0 Å². The molecule has 1 aliphatic carbocycles. The van der Waals surface area contributed by atoms with Crippen molar-refractivity contribution in [3.63, 3.8) is 0 Å². The Morgan fingerprint density at radius 2 is 1.67 bits per heavy atom. The zero-order valence-electron chi connectivity index (χ0n) is 6.92. The lowest BCUT2D eigenvalue weighted by Gasteiger charge is -2.29. The quantitative estimate of drug-likeness (QED) is 0.299. The second-order valence-electron chi connectivity index (χ2n) is 3.56. The van der Waals surface area contributed by atoms with Gasteiger partial charge in [0, 0.05) is 13.8 Å². The van der Waals surface area contributed by atoms with Crippen LogP contribution in [0.5, 0.6) is 0 Å². The van der Waals surface area contributed by atoms with Crippen LogP contribution < -0.4 is 0 Å². The molecule has 4 heteroatoms. The molecule has 2 rings (SSSR count). The third-order valence-corrected chi connectivity index (χ3v) is 2.02. The lowest BCUT2D eigenvalue weighted by molar-refractivity contribution is -0.241. The number of rotatable bonds is 0. The molecule has 0 N–H and O–H groups in total. The Kier molecular flexibility index (Phi) is 1.09. The molecule has 0 radical (unpaired) electrons. The number of cyclic esters (lactones) is 2. The second-order valence-corrected chi connectivity index (χ2v) is 3.56. The van der Waals surface area contributed by atoms with Gasteiger partial charge in [-0.3, -0.25) is 0 Å². The highest BCUT2D eigenvalue weighted by molar-refractivity contribution is 6.07. The van der Waals surface area contributed by atoms with E-state index in [9.17, 15) is 9.59 Å². The third kappa shape index (κ3) is 0.807. The number of carbonyl (C=O) groups excluding carboxylic acids is 2. The van der Waals surface area contributed by atoms with Crippen molar-refractivity contribution in [1.29, 1.82) is 0 Å². The molecule has 1 heterocycles. The second kappa shape index (κ2) is 1.76. The minimum atomic E-state index is -1.10. The van der Waals surface area contributed by atoms with Crippen molar-refractivity contribution in [1.82, 2.24) is 0 Å². The van der Waals surface area contributed by atoms with Gasteiger partial charge in [-0.05, 0) is 0 Å². The van der Waals surface area contributed by atoms with Gasteiger partial charge in [0.05, 0.1) is 0 Å². The fourth-order valence-corrected chi connectivity index (χ4v) is 1.17. The van der Waals surface area contributed by atoms with Crippen molar-refractivity contribution >= 4 is 11.9 Å². The van der Waals surface area contributed by atoms with E-state index in [2.05, 4.69) is 0 Å². The normalized spacial score (nSPS) is 28.8. The number of hydrogen-bond acceptors (Lipinski definition) is 4. The minimum absolute atomic E-state index is 0.445. The Morgan fingerprint density at radius 1 is 1.25 bits per heavy atom. The van der Waals surface area contributed by atoms with E-state index in [1.165, 1.54) is 13.8 Å². The monoisotopic (exact) mass is 169 g/mol. The fraction of sp³-hybridized carbons (Fsp3) is 0.625. The average Bonchev–Trinajstić information content (AvgIpc) is 2.59. The number of hydrogen-bond donors (Lipinski definition) is 0. The van der Waals surface area contributed by atoms with E-state index in [0.717, 1.165) is 0 Å². The summed E-state index contributed by atoms with van der Waals surface area (Å²) in [4.78, 5) is 22.5. The Bertz CT molecular complexity index is 240. The molecule has 4 nitrogen and oxygen atoms in total. The van der Waals surface area contributed by atoms with Crippen LogP contribution in [0.25, 0.3) is 0 Å². The lowest BCUT2D eigenvalue weighted by atomic mass is 10.1. The standard InChI is InChI=1S/C8H9O4/c1-7(2)11-5(9)8(3-4-8)6(10)12-7/h3H,4H2,1-2H3/q+1. The van der Waals surface area contributed by atoms with Crippen molar-refractivity contribution in [3.05, 3.63) is 6.42 Å².